The molecule has 0 amide bonds. The van der Waals surface area contributed by atoms with E-state index in [2.05, 4.69) is 11.6 Å². The first-order valence-corrected chi connectivity index (χ1v) is 5.29. The smallest absolute Gasteiger partial charge is 0.330 e. The molecule has 0 unspecified atom stereocenters. The number of hydrogen-bond donors (Lipinski definition) is 2. The van der Waals surface area contributed by atoms with Gasteiger partial charge >= 0.3 is 5.69 Å². The van der Waals surface area contributed by atoms with Crippen LogP contribution in [0.5, 0.6) is 0 Å². The summed E-state index contributed by atoms with van der Waals surface area (Å²) < 4.78 is 6.76. The fourth-order valence-corrected chi connectivity index (χ4v) is 1.85. The van der Waals surface area contributed by atoms with Crippen molar-refractivity contribution in [2.45, 2.75) is 25.7 Å². The van der Waals surface area contributed by atoms with Crippen LogP contribution in [0, 0.1) is 6.92 Å². The quantitative estimate of drug-likeness (QED) is 0.692. The molecule has 0 saturated carbocycles. The lowest BCUT2D eigenvalue weighted by molar-refractivity contribution is -0.0169. The number of nitrogens with one attached hydrogen (secondary N) is 1. The zero-order valence-electron chi connectivity index (χ0n) is 9.47. The van der Waals surface area contributed by atoms with Crippen LogP contribution in [0.4, 0.5) is 0 Å². The lowest BCUT2D eigenvalue weighted by Crippen LogP contribution is -2.33. The molecule has 2 N–H and O–H groups in total. The van der Waals surface area contributed by atoms with Crippen LogP contribution in [0.2, 0.25) is 0 Å². The van der Waals surface area contributed by atoms with E-state index in [1.165, 1.54) is 10.8 Å². The van der Waals surface area contributed by atoms with Crippen LogP contribution >= 0.6 is 0 Å². The van der Waals surface area contributed by atoms with Crippen molar-refractivity contribution in [1.82, 2.24) is 9.55 Å². The van der Waals surface area contributed by atoms with E-state index in [0.717, 1.165) is 0 Å². The van der Waals surface area contributed by atoms with Gasteiger partial charge in [-0.3, -0.25) is 14.3 Å². The summed E-state index contributed by atoms with van der Waals surface area (Å²) in [4.78, 5) is 25.1. The highest BCUT2D eigenvalue weighted by Gasteiger charge is 2.30. The van der Waals surface area contributed by atoms with E-state index in [1.807, 2.05) is 0 Å². The maximum atomic E-state index is 11.6. The Kier molecular flexibility index (Phi) is 2.99. The van der Waals surface area contributed by atoms with Gasteiger partial charge in [-0.2, -0.15) is 0 Å². The van der Waals surface area contributed by atoms with Gasteiger partial charge in [0.25, 0.3) is 5.56 Å². The van der Waals surface area contributed by atoms with Crippen LogP contribution in [0.3, 0.4) is 0 Å². The van der Waals surface area contributed by atoms with Crippen LogP contribution in [0.25, 0.3) is 0 Å². The monoisotopic (exact) mass is 238 g/mol. The number of aromatic nitrogens is 2. The number of hydrogen-bond acceptors (Lipinski definition) is 4. The normalized spacial score (nSPS) is 24.2. The molecule has 17 heavy (non-hydrogen) atoms. The van der Waals surface area contributed by atoms with Crippen molar-refractivity contribution in [2.24, 2.45) is 0 Å². The molecule has 1 aliphatic rings. The number of aromatic amines is 1. The highest BCUT2D eigenvalue weighted by atomic mass is 16.5. The summed E-state index contributed by atoms with van der Waals surface area (Å²) >= 11 is 0. The van der Waals surface area contributed by atoms with E-state index >= 15 is 0 Å². The summed E-state index contributed by atoms with van der Waals surface area (Å²) in [6, 6.07) is 0. The molecule has 1 fully saturated rings. The summed E-state index contributed by atoms with van der Waals surface area (Å²) in [5.41, 5.74) is 0.185. The molecule has 2 heterocycles. The highest BCUT2D eigenvalue weighted by molar-refractivity contribution is 5.10. The topological polar surface area (TPSA) is 84.3 Å². The predicted octanol–water partition coefficient (Wildman–Crippen LogP) is -0.319. The third-order valence-electron chi connectivity index (χ3n) is 2.76. The lowest BCUT2D eigenvalue weighted by atomic mass is 10.1. The second-order valence-corrected chi connectivity index (χ2v) is 4.13. The highest BCUT2D eigenvalue weighted by Crippen LogP contribution is 2.31. The second-order valence-electron chi connectivity index (χ2n) is 4.13. The molecular formula is C11H14N2O4. The molecule has 0 spiro atoms. The molecule has 92 valence electrons. The molecule has 0 bridgehead atoms. The van der Waals surface area contributed by atoms with Crippen LogP contribution in [-0.2, 0) is 4.74 Å². The standard InChI is InChI=1S/C11H14N2O4/c1-6-3-8(5-14)17-10(6)13-4-7(2)9(15)12-11(13)16/h4,8,10,14H,1,3,5H2,2H3,(H,12,15,16)/t8-,10+/m0/s1. The first-order chi connectivity index (χ1) is 8.02. The fourth-order valence-electron chi connectivity index (χ4n) is 1.85. The van der Waals surface area contributed by atoms with E-state index in [9.17, 15) is 9.59 Å². The maximum absolute atomic E-state index is 11.6. The molecule has 0 aliphatic carbocycles. The second kappa shape index (κ2) is 4.31. The Balaban J connectivity index is 2.42. The third-order valence-corrected chi connectivity index (χ3v) is 2.76. The molecular weight excluding hydrogens is 224 g/mol. The third kappa shape index (κ3) is 2.09. The SMILES string of the molecule is C=C1C[C@@H](CO)O[C@H]1n1cc(C)c(=O)[nH]c1=O. The number of aryl methyl sites for hydroxylation is 1. The van der Waals surface area contributed by atoms with Crippen molar-refractivity contribution in [3.8, 4) is 0 Å². The average molecular weight is 238 g/mol. The van der Waals surface area contributed by atoms with E-state index < -0.39 is 17.5 Å². The summed E-state index contributed by atoms with van der Waals surface area (Å²) in [5.74, 6) is 0. The predicted molar refractivity (Wildman–Crippen MR) is 60.8 cm³/mol. The molecule has 2 atom stereocenters. The molecule has 6 nitrogen and oxygen atoms in total. The number of H-pyrrole nitrogens is 1. The number of aliphatic hydroxyl groups is 1. The van der Waals surface area contributed by atoms with Crippen molar-refractivity contribution in [1.29, 1.82) is 0 Å². The Morgan fingerprint density at radius 1 is 1.65 bits per heavy atom. The minimum absolute atomic E-state index is 0.118. The molecule has 1 aromatic heterocycles. The molecule has 0 aromatic carbocycles. The molecule has 1 saturated heterocycles. The summed E-state index contributed by atoms with van der Waals surface area (Å²) in [6.07, 6.45) is 0.990. The first kappa shape index (κ1) is 11.8. The lowest BCUT2D eigenvalue weighted by Gasteiger charge is -2.15. The first-order valence-electron chi connectivity index (χ1n) is 5.29. The van der Waals surface area contributed by atoms with Gasteiger partial charge in [-0.25, -0.2) is 4.79 Å². The van der Waals surface area contributed by atoms with Gasteiger partial charge in [-0.15, -0.1) is 0 Å². The Hall–Kier alpha value is -1.66. The number of ether oxygens (including phenoxy) is 1. The van der Waals surface area contributed by atoms with Gasteiger partial charge in [0.15, 0.2) is 6.23 Å². The number of nitrogens with zero attached hydrogens (tertiary/aromatic N) is 1. The molecule has 1 aromatic rings. The van der Waals surface area contributed by atoms with E-state index in [0.29, 0.717) is 17.6 Å². The van der Waals surface area contributed by atoms with Gasteiger partial charge in [-0.05, 0) is 12.5 Å². The van der Waals surface area contributed by atoms with Crippen molar-refractivity contribution >= 4 is 0 Å². The van der Waals surface area contributed by atoms with Crippen molar-refractivity contribution < 1.29 is 9.84 Å². The van der Waals surface area contributed by atoms with Crippen molar-refractivity contribution in [2.75, 3.05) is 6.61 Å². The summed E-state index contributed by atoms with van der Waals surface area (Å²) in [5, 5.41) is 9.01. The minimum Gasteiger partial charge on any atom is -0.394 e. The van der Waals surface area contributed by atoms with Crippen LogP contribution in [0.15, 0.2) is 27.9 Å². The zero-order valence-corrected chi connectivity index (χ0v) is 9.47. The number of rotatable bonds is 2. The largest absolute Gasteiger partial charge is 0.394 e. The average Bonchev–Trinajstić information content (AvgIpc) is 2.65. The minimum atomic E-state index is -0.616. The molecule has 0 radical (unpaired) electrons. The van der Waals surface area contributed by atoms with Gasteiger partial charge in [-0.1, -0.05) is 6.58 Å². The van der Waals surface area contributed by atoms with E-state index in [1.54, 1.807) is 6.92 Å². The Morgan fingerprint density at radius 2 is 2.35 bits per heavy atom. The van der Waals surface area contributed by atoms with E-state index in [-0.39, 0.29) is 12.7 Å². The van der Waals surface area contributed by atoms with Gasteiger partial charge < -0.3 is 9.84 Å². The Labute approximate surface area is 97.2 Å². The molecule has 2 rings (SSSR count). The maximum Gasteiger partial charge on any atom is 0.330 e. The van der Waals surface area contributed by atoms with Gasteiger partial charge in [0.2, 0.25) is 0 Å². The van der Waals surface area contributed by atoms with Gasteiger partial charge in [0.1, 0.15) is 0 Å². The number of aliphatic hydroxyl groups excluding tert-OH is 1. The van der Waals surface area contributed by atoms with Gasteiger partial charge in [0.05, 0.1) is 12.7 Å². The zero-order chi connectivity index (χ0) is 12.6. The Morgan fingerprint density at radius 3 is 2.94 bits per heavy atom. The van der Waals surface area contributed by atoms with E-state index in [4.69, 9.17) is 9.84 Å². The Bertz CT molecular complexity index is 557. The van der Waals surface area contributed by atoms with Gasteiger partial charge in [0, 0.05) is 18.2 Å². The summed E-state index contributed by atoms with van der Waals surface area (Å²) in [7, 11) is 0. The molecule has 6 heteroatoms. The van der Waals surface area contributed by atoms with Crippen LogP contribution in [0.1, 0.15) is 18.2 Å². The summed E-state index contributed by atoms with van der Waals surface area (Å²) in [6.45, 7) is 5.30. The molecule has 1 aliphatic heterocycles. The fraction of sp³-hybridized carbons (Fsp3) is 0.455. The van der Waals surface area contributed by atoms with Crippen molar-refractivity contribution in [3.63, 3.8) is 0 Å². The van der Waals surface area contributed by atoms with Crippen molar-refractivity contribution in [3.05, 3.63) is 44.8 Å². The van der Waals surface area contributed by atoms with Crippen LogP contribution < -0.4 is 11.2 Å². The van der Waals surface area contributed by atoms with Crippen LogP contribution in [-0.4, -0.2) is 27.4 Å².